The Hall–Kier alpha value is -2.71. The predicted octanol–water partition coefficient (Wildman–Crippen LogP) is 4.49. The van der Waals surface area contributed by atoms with E-state index < -0.39 is 0 Å². The van der Waals surface area contributed by atoms with E-state index >= 15 is 0 Å². The second-order valence-electron chi connectivity index (χ2n) is 8.44. The van der Waals surface area contributed by atoms with Crippen LogP contribution < -0.4 is 4.90 Å². The maximum Gasteiger partial charge on any atom is 0.240 e. The first-order chi connectivity index (χ1) is 15.3. The lowest BCUT2D eigenvalue weighted by atomic mass is 10.1. The van der Waals surface area contributed by atoms with Gasteiger partial charge >= 0.3 is 0 Å². The number of hydrogen-bond donors (Lipinski definition) is 0. The standard InChI is InChI=1S/C24H28FN5OS/c1-15-14-18-8-6-7-9-21(18)29(15)23(31)17(3)32-24-27-26-22(16(2)28(4)5)30(24)20-12-10-19(25)11-13-20/h6-13,15-17H,14H2,1-5H3/t15-,16-,17-/m0/s1. The zero-order valence-corrected chi connectivity index (χ0v) is 19.8. The van der Waals surface area contributed by atoms with Gasteiger partial charge in [-0.15, -0.1) is 10.2 Å². The van der Waals surface area contributed by atoms with E-state index in [1.165, 1.54) is 29.5 Å². The van der Waals surface area contributed by atoms with Crippen molar-refractivity contribution in [3.8, 4) is 5.69 Å². The SMILES string of the molecule is C[C@H](Sc1nnc([C@H](C)N(C)C)n1-c1ccc(F)cc1)C(=O)N1c2ccccc2C[C@@H]1C. The molecule has 1 aliphatic heterocycles. The number of hydrogen-bond acceptors (Lipinski definition) is 5. The van der Waals surface area contributed by atoms with Crippen LogP contribution >= 0.6 is 11.8 Å². The monoisotopic (exact) mass is 453 g/mol. The van der Waals surface area contributed by atoms with E-state index in [2.05, 4.69) is 23.2 Å². The number of benzene rings is 2. The Balaban J connectivity index is 1.65. The molecular formula is C24H28FN5OS. The highest BCUT2D eigenvalue weighted by Crippen LogP contribution is 2.35. The Labute approximate surface area is 192 Å². The number of rotatable bonds is 6. The first-order valence-corrected chi connectivity index (χ1v) is 11.6. The van der Waals surface area contributed by atoms with Gasteiger partial charge in [-0.2, -0.15) is 0 Å². The maximum absolute atomic E-state index is 13.6. The molecule has 2 heterocycles. The Bertz CT molecular complexity index is 1110. The molecule has 1 aliphatic rings. The minimum Gasteiger partial charge on any atom is -0.308 e. The molecular weight excluding hydrogens is 425 g/mol. The first kappa shape index (κ1) is 22.5. The minimum absolute atomic E-state index is 0.0154. The normalized spacial score (nSPS) is 17.5. The van der Waals surface area contributed by atoms with Gasteiger partial charge in [-0.1, -0.05) is 30.0 Å². The highest BCUT2D eigenvalue weighted by atomic mass is 32.2. The molecule has 8 heteroatoms. The molecule has 0 bridgehead atoms. The van der Waals surface area contributed by atoms with Crippen molar-refractivity contribution in [3.05, 3.63) is 65.7 Å². The van der Waals surface area contributed by atoms with E-state index in [-0.39, 0.29) is 29.1 Å². The highest BCUT2D eigenvalue weighted by Gasteiger charge is 2.34. The number of halogens is 1. The minimum atomic E-state index is -0.366. The number of nitrogens with zero attached hydrogens (tertiary/aromatic N) is 5. The number of amides is 1. The summed E-state index contributed by atoms with van der Waals surface area (Å²) in [5.74, 6) is 0.482. The van der Waals surface area contributed by atoms with E-state index in [4.69, 9.17) is 0 Å². The number of thioether (sulfide) groups is 1. The molecule has 168 valence electrons. The number of anilines is 1. The summed E-state index contributed by atoms with van der Waals surface area (Å²) in [7, 11) is 3.94. The molecule has 0 aliphatic carbocycles. The molecule has 1 aromatic heterocycles. The number of carbonyl (C=O) groups is 1. The zero-order valence-electron chi connectivity index (χ0n) is 19.0. The summed E-state index contributed by atoms with van der Waals surface area (Å²) >= 11 is 1.38. The van der Waals surface area contributed by atoms with E-state index in [0.29, 0.717) is 5.16 Å². The van der Waals surface area contributed by atoms with Crippen molar-refractivity contribution >= 4 is 23.4 Å². The quantitative estimate of drug-likeness (QED) is 0.515. The van der Waals surface area contributed by atoms with Crippen LogP contribution in [-0.4, -0.2) is 51.0 Å². The lowest BCUT2D eigenvalue weighted by Gasteiger charge is -2.26. The van der Waals surface area contributed by atoms with Crippen LogP contribution in [-0.2, 0) is 11.2 Å². The molecule has 0 fully saturated rings. The van der Waals surface area contributed by atoms with Gasteiger partial charge in [0.25, 0.3) is 0 Å². The lowest BCUT2D eigenvalue weighted by Crippen LogP contribution is -2.40. The molecule has 32 heavy (non-hydrogen) atoms. The molecule has 3 atom stereocenters. The van der Waals surface area contributed by atoms with Crippen LogP contribution in [0.1, 0.15) is 38.2 Å². The van der Waals surface area contributed by atoms with Gasteiger partial charge in [0.15, 0.2) is 11.0 Å². The van der Waals surface area contributed by atoms with Crippen LogP contribution in [0.3, 0.4) is 0 Å². The van der Waals surface area contributed by atoms with Crippen LogP contribution in [0.25, 0.3) is 5.69 Å². The summed E-state index contributed by atoms with van der Waals surface area (Å²) in [6.07, 6.45) is 0.857. The molecule has 0 unspecified atom stereocenters. The molecule has 0 N–H and O–H groups in total. The van der Waals surface area contributed by atoms with Gasteiger partial charge in [-0.25, -0.2) is 4.39 Å². The van der Waals surface area contributed by atoms with Crippen LogP contribution in [0.4, 0.5) is 10.1 Å². The molecule has 1 amide bonds. The van der Waals surface area contributed by atoms with Gasteiger partial charge in [-0.3, -0.25) is 14.3 Å². The zero-order chi connectivity index (χ0) is 23.0. The van der Waals surface area contributed by atoms with Crippen molar-refractivity contribution in [2.75, 3.05) is 19.0 Å². The van der Waals surface area contributed by atoms with Crippen molar-refractivity contribution in [2.24, 2.45) is 0 Å². The fraction of sp³-hybridized carbons (Fsp3) is 0.375. The fourth-order valence-corrected chi connectivity index (χ4v) is 4.92. The summed E-state index contributed by atoms with van der Waals surface area (Å²) in [6, 6.07) is 14.4. The molecule has 0 radical (unpaired) electrons. The molecule has 0 saturated heterocycles. The first-order valence-electron chi connectivity index (χ1n) is 10.7. The Kier molecular flexibility index (Phi) is 6.35. The van der Waals surface area contributed by atoms with Crippen LogP contribution in [0, 0.1) is 5.82 Å². The molecule has 6 nitrogen and oxygen atoms in total. The highest BCUT2D eigenvalue weighted by molar-refractivity contribution is 8.00. The third-order valence-corrected chi connectivity index (χ3v) is 7.00. The number of carbonyl (C=O) groups excluding carboxylic acids is 1. The van der Waals surface area contributed by atoms with Crippen molar-refractivity contribution in [1.29, 1.82) is 0 Å². The molecule has 0 saturated carbocycles. The van der Waals surface area contributed by atoms with Gasteiger partial charge in [0.05, 0.1) is 11.3 Å². The summed E-state index contributed by atoms with van der Waals surface area (Å²) in [5, 5.41) is 9.09. The van der Waals surface area contributed by atoms with Crippen LogP contribution in [0.2, 0.25) is 0 Å². The predicted molar refractivity (Wildman–Crippen MR) is 126 cm³/mol. The van der Waals surface area contributed by atoms with Crippen LogP contribution in [0.5, 0.6) is 0 Å². The number of fused-ring (bicyclic) bond motifs is 1. The van der Waals surface area contributed by atoms with E-state index in [9.17, 15) is 9.18 Å². The van der Waals surface area contributed by atoms with Gasteiger partial charge in [-0.05, 0) is 77.2 Å². The average Bonchev–Trinajstić information content (AvgIpc) is 3.33. The Morgan fingerprint density at radius 3 is 2.50 bits per heavy atom. The van der Waals surface area contributed by atoms with Gasteiger partial charge in [0, 0.05) is 17.4 Å². The number of aromatic nitrogens is 3. The molecule has 0 spiro atoms. The summed E-state index contributed by atoms with van der Waals surface area (Å²) in [6.45, 7) is 6.02. The van der Waals surface area contributed by atoms with Gasteiger partial charge < -0.3 is 4.90 Å². The second kappa shape index (κ2) is 9.03. The van der Waals surface area contributed by atoms with Crippen molar-refractivity contribution < 1.29 is 9.18 Å². The van der Waals surface area contributed by atoms with Crippen molar-refractivity contribution in [2.45, 2.75) is 49.7 Å². The molecule has 3 aromatic rings. The number of para-hydroxylation sites is 1. The summed E-state index contributed by atoms with van der Waals surface area (Å²) in [5.41, 5.74) is 2.95. The smallest absolute Gasteiger partial charge is 0.240 e. The van der Waals surface area contributed by atoms with Crippen LogP contribution in [0.15, 0.2) is 53.7 Å². The Morgan fingerprint density at radius 1 is 1.12 bits per heavy atom. The van der Waals surface area contributed by atoms with E-state index in [0.717, 1.165) is 23.6 Å². The summed E-state index contributed by atoms with van der Waals surface area (Å²) < 4.78 is 15.5. The van der Waals surface area contributed by atoms with E-state index in [1.807, 2.05) is 60.5 Å². The van der Waals surface area contributed by atoms with Gasteiger partial charge in [0.2, 0.25) is 5.91 Å². The maximum atomic E-state index is 13.6. The fourth-order valence-electron chi connectivity index (χ4n) is 4.00. The van der Waals surface area contributed by atoms with Crippen molar-refractivity contribution in [1.82, 2.24) is 19.7 Å². The third-order valence-electron chi connectivity index (χ3n) is 5.97. The Morgan fingerprint density at radius 2 is 1.81 bits per heavy atom. The second-order valence-corrected chi connectivity index (χ2v) is 9.75. The topological polar surface area (TPSA) is 54.3 Å². The van der Waals surface area contributed by atoms with Gasteiger partial charge in [0.1, 0.15) is 5.82 Å². The molecule has 4 rings (SSSR count). The molecule has 2 aromatic carbocycles. The third kappa shape index (κ3) is 4.17. The lowest BCUT2D eigenvalue weighted by molar-refractivity contribution is -0.118. The summed E-state index contributed by atoms with van der Waals surface area (Å²) in [4.78, 5) is 17.4. The van der Waals surface area contributed by atoms with Crippen molar-refractivity contribution in [3.63, 3.8) is 0 Å². The van der Waals surface area contributed by atoms with E-state index in [1.54, 1.807) is 12.1 Å². The largest absolute Gasteiger partial charge is 0.308 e. The average molecular weight is 454 g/mol.